The molecule has 7 aromatic rings. The van der Waals surface area contributed by atoms with E-state index in [0.29, 0.717) is 51.9 Å². The molecule has 1 saturated heterocycles. The number of amides is 1. The van der Waals surface area contributed by atoms with E-state index in [1.807, 2.05) is 91.3 Å². The van der Waals surface area contributed by atoms with Crippen molar-refractivity contribution in [1.29, 1.82) is 0 Å². The standard InChI is InChI=1S/C40H34Cl2N8O2/c1-25(26-10-12-28(41)13-11-26)50-24-46-35(27-7-3-2-4-8-27)37(50)34-31-15-14-29(42)23-33(31)47-36(34)39(51)48-32-9-5-18-43-38(32)49-21-16-30(17-22-49)52-40-44-19-6-20-45-40/h2-15,18-20,23-25,30,47H,16-17,21-22H2,1H3,(H,48,51)/t25-/m0/s1. The number of aromatic amines is 1. The highest BCUT2D eigenvalue weighted by molar-refractivity contribution is 6.31. The highest BCUT2D eigenvalue weighted by Crippen LogP contribution is 2.42. The first kappa shape index (κ1) is 33.4. The number of carbonyl (C=O) groups excluding carboxylic acids is 1. The molecule has 10 nitrogen and oxygen atoms in total. The van der Waals surface area contributed by atoms with E-state index in [1.54, 1.807) is 24.7 Å². The summed E-state index contributed by atoms with van der Waals surface area (Å²) in [6.07, 6.45) is 8.42. The number of imidazole rings is 1. The first-order valence-electron chi connectivity index (χ1n) is 17.1. The number of nitrogens with one attached hydrogen (secondary N) is 2. The number of H-pyrrole nitrogens is 1. The highest BCUT2D eigenvalue weighted by Gasteiger charge is 2.29. The van der Waals surface area contributed by atoms with Gasteiger partial charge >= 0.3 is 6.01 Å². The number of hydrogen-bond donors (Lipinski definition) is 2. The number of pyridine rings is 1. The average molecular weight is 730 g/mol. The maximum absolute atomic E-state index is 14.6. The number of fused-ring (bicyclic) bond motifs is 1. The molecule has 3 aromatic carbocycles. The van der Waals surface area contributed by atoms with Gasteiger partial charge < -0.3 is 24.5 Å². The molecule has 0 unspecified atom stereocenters. The van der Waals surface area contributed by atoms with Crippen LogP contribution in [0.15, 0.2) is 116 Å². The third-order valence-corrected chi connectivity index (χ3v) is 9.91. The van der Waals surface area contributed by atoms with Gasteiger partial charge in [-0.25, -0.2) is 19.9 Å². The predicted octanol–water partition coefficient (Wildman–Crippen LogP) is 9.10. The van der Waals surface area contributed by atoms with Crippen molar-refractivity contribution in [2.24, 2.45) is 0 Å². The SMILES string of the molecule is C[C@@H](c1ccc(Cl)cc1)n1cnc(-c2ccccc2)c1-c1c(C(=O)Nc2cccnc2N2CCC(Oc3ncccn3)CC2)[nH]c2cc(Cl)ccc12. The third kappa shape index (κ3) is 6.70. The van der Waals surface area contributed by atoms with E-state index in [9.17, 15) is 4.79 Å². The number of ether oxygens (including phenoxy) is 1. The van der Waals surface area contributed by atoms with Gasteiger partial charge in [-0.05, 0) is 55.0 Å². The summed E-state index contributed by atoms with van der Waals surface area (Å²) in [4.78, 5) is 38.3. The number of hydrogen-bond acceptors (Lipinski definition) is 7. The fraction of sp³-hybridized carbons (Fsp3) is 0.175. The van der Waals surface area contributed by atoms with Crippen molar-refractivity contribution in [3.05, 3.63) is 137 Å². The maximum atomic E-state index is 14.6. The van der Waals surface area contributed by atoms with Crippen LogP contribution in [0.2, 0.25) is 10.0 Å². The second-order valence-electron chi connectivity index (χ2n) is 12.7. The van der Waals surface area contributed by atoms with E-state index in [1.165, 1.54) is 0 Å². The summed E-state index contributed by atoms with van der Waals surface area (Å²) in [6, 6.07) is 29.1. The van der Waals surface area contributed by atoms with Crippen molar-refractivity contribution >= 4 is 51.5 Å². The molecule has 1 aliphatic heterocycles. The molecule has 0 aliphatic carbocycles. The lowest BCUT2D eigenvalue weighted by molar-refractivity contribution is 0.102. The van der Waals surface area contributed by atoms with Gasteiger partial charge in [0.1, 0.15) is 11.8 Å². The van der Waals surface area contributed by atoms with E-state index in [0.717, 1.165) is 46.3 Å². The largest absolute Gasteiger partial charge is 0.460 e. The molecular formula is C40H34Cl2N8O2. The van der Waals surface area contributed by atoms with Crippen molar-refractivity contribution in [2.45, 2.75) is 31.9 Å². The van der Waals surface area contributed by atoms with Gasteiger partial charge in [-0.2, -0.15) is 0 Å². The van der Waals surface area contributed by atoms with Gasteiger partial charge in [0.2, 0.25) is 0 Å². The van der Waals surface area contributed by atoms with Crippen LogP contribution in [0.5, 0.6) is 6.01 Å². The van der Waals surface area contributed by atoms with E-state index < -0.39 is 0 Å². The van der Waals surface area contributed by atoms with Gasteiger partial charge in [-0.15, -0.1) is 0 Å². The quantitative estimate of drug-likeness (QED) is 0.152. The summed E-state index contributed by atoms with van der Waals surface area (Å²) in [7, 11) is 0. The monoisotopic (exact) mass is 728 g/mol. The lowest BCUT2D eigenvalue weighted by Gasteiger charge is -2.33. The topological polar surface area (TPSA) is 114 Å². The van der Waals surface area contributed by atoms with Crippen LogP contribution in [0.4, 0.5) is 11.5 Å². The first-order valence-corrected chi connectivity index (χ1v) is 17.8. The Labute approximate surface area is 310 Å². The lowest BCUT2D eigenvalue weighted by Crippen LogP contribution is -2.39. The number of anilines is 2. The second kappa shape index (κ2) is 14.5. The van der Waals surface area contributed by atoms with Crippen LogP contribution >= 0.6 is 23.2 Å². The molecule has 2 N–H and O–H groups in total. The van der Waals surface area contributed by atoms with Gasteiger partial charge in [0.15, 0.2) is 5.82 Å². The van der Waals surface area contributed by atoms with Gasteiger partial charge in [-0.3, -0.25) is 4.79 Å². The normalized spacial score (nSPS) is 14.0. The molecule has 12 heteroatoms. The van der Waals surface area contributed by atoms with Crippen LogP contribution < -0.4 is 15.0 Å². The molecule has 8 rings (SSSR count). The van der Waals surface area contributed by atoms with Crippen LogP contribution in [0.3, 0.4) is 0 Å². The molecule has 1 fully saturated rings. The van der Waals surface area contributed by atoms with Gasteiger partial charge in [0, 0.05) is 76.6 Å². The third-order valence-electron chi connectivity index (χ3n) is 9.43. The number of benzene rings is 3. The van der Waals surface area contributed by atoms with Crippen molar-refractivity contribution in [1.82, 2.24) is 29.5 Å². The molecule has 0 saturated carbocycles. The maximum Gasteiger partial charge on any atom is 0.316 e. The minimum Gasteiger partial charge on any atom is -0.460 e. The summed E-state index contributed by atoms with van der Waals surface area (Å²) in [5.74, 6) is 0.374. The van der Waals surface area contributed by atoms with Gasteiger partial charge in [0.05, 0.1) is 29.4 Å². The molecule has 0 bridgehead atoms. The van der Waals surface area contributed by atoms with E-state index in [4.69, 9.17) is 37.9 Å². The van der Waals surface area contributed by atoms with Crippen LogP contribution in [0, 0.1) is 0 Å². The fourth-order valence-corrected chi connectivity index (χ4v) is 7.11. The minimum absolute atomic E-state index is 0.0138. The van der Waals surface area contributed by atoms with E-state index in [2.05, 4.69) is 36.7 Å². The van der Waals surface area contributed by atoms with E-state index in [-0.39, 0.29) is 18.1 Å². The zero-order valence-electron chi connectivity index (χ0n) is 28.2. The Morgan fingerprint density at radius 1 is 0.865 bits per heavy atom. The Hall–Kier alpha value is -5.71. The Morgan fingerprint density at radius 2 is 1.60 bits per heavy atom. The zero-order chi connectivity index (χ0) is 35.6. The summed E-state index contributed by atoms with van der Waals surface area (Å²) < 4.78 is 8.13. The Kier molecular flexibility index (Phi) is 9.32. The number of halogens is 2. The summed E-state index contributed by atoms with van der Waals surface area (Å²) in [5.41, 5.74) is 5.94. The molecule has 5 heterocycles. The number of nitrogens with zero attached hydrogens (tertiary/aromatic N) is 6. The van der Waals surface area contributed by atoms with Crippen LogP contribution in [0.25, 0.3) is 33.4 Å². The van der Waals surface area contributed by atoms with Crippen molar-refractivity contribution < 1.29 is 9.53 Å². The lowest BCUT2D eigenvalue weighted by atomic mass is 9.99. The number of carbonyl (C=O) groups is 1. The number of rotatable bonds is 9. The molecular weight excluding hydrogens is 695 g/mol. The molecule has 4 aromatic heterocycles. The number of aromatic nitrogens is 6. The Bertz CT molecular complexity index is 2340. The molecule has 1 amide bonds. The Balaban J connectivity index is 1.17. The van der Waals surface area contributed by atoms with Gasteiger partial charge in [-0.1, -0.05) is 71.7 Å². The van der Waals surface area contributed by atoms with Crippen molar-refractivity contribution in [3.8, 4) is 28.5 Å². The first-order chi connectivity index (χ1) is 25.4. The summed E-state index contributed by atoms with van der Waals surface area (Å²) in [6.45, 7) is 3.49. The Morgan fingerprint density at radius 3 is 2.37 bits per heavy atom. The average Bonchev–Trinajstić information content (AvgIpc) is 3.78. The highest BCUT2D eigenvalue weighted by atomic mass is 35.5. The summed E-state index contributed by atoms with van der Waals surface area (Å²) in [5, 5.41) is 5.25. The summed E-state index contributed by atoms with van der Waals surface area (Å²) >= 11 is 12.8. The van der Waals surface area contributed by atoms with Crippen molar-refractivity contribution in [3.63, 3.8) is 0 Å². The van der Waals surface area contributed by atoms with Crippen LogP contribution in [-0.2, 0) is 0 Å². The number of piperidine rings is 1. The zero-order valence-corrected chi connectivity index (χ0v) is 29.7. The smallest absolute Gasteiger partial charge is 0.316 e. The minimum atomic E-state index is -0.318. The van der Waals surface area contributed by atoms with Crippen molar-refractivity contribution in [2.75, 3.05) is 23.3 Å². The molecule has 52 heavy (non-hydrogen) atoms. The van der Waals surface area contributed by atoms with Gasteiger partial charge in [0.25, 0.3) is 5.91 Å². The molecule has 1 aliphatic rings. The predicted molar refractivity (Wildman–Crippen MR) is 205 cm³/mol. The van der Waals surface area contributed by atoms with E-state index >= 15 is 0 Å². The fourth-order valence-electron chi connectivity index (χ4n) is 6.81. The van der Waals surface area contributed by atoms with Crippen LogP contribution in [-0.4, -0.2) is 54.6 Å². The molecule has 260 valence electrons. The molecule has 1 atom stereocenters. The molecule has 0 spiro atoms. The van der Waals surface area contributed by atoms with Crippen LogP contribution in [0.1, 0.15) is 41.9 Å². The molecule has 0 radical (unpaired) electrons. The second-order valence-corrected chi connectivity index (χ2v) is 13.5.